The molecule has 1 fully saturated rings. The fourth-order valence-electron chi connectivity index (χ4n) is 3.50. The van der Waals surface area contributed by atoms with Crippen LogP contribution >= 0.6 is 0 Å². The largest absolute Gasteiger partial charge is 0.395 e. The molecule has 2 atom stereocenters. The van der Waals surface area contributed by atoms with Gasteiger partial charge in [-0.15, -0.1) is 0 Å². The van der Waals surface area contributed by atoms with Gasteiger partial charge in [0.2, 0.25) is 0 Å². The van der Waals surface area contributed by atoms with Crippen molar-refractivity contribution in [2.75, 3.05) is 13.2 Å². The molecule has 1 N–H and O–H groups in total. The van der Waals surface area contributed by atoms with Crippen LogP contribution in [0, 0.1) is 11.8 Å². The molecular weight excluding hydrogens is 270 g/mol. The summed E-state index contributed by atoms with van der Waals surface area (Å²) in [5, 5.41) is 9.65. The first-order chi connectivity index (χ1) is 10.9. The van der Waals surface area contributed by atoms with Gasteiger partial charge in [0.05, 0.1) is 12.6 Å². The van der Waals surface area contributed by atoms with E-state index in [1.54, 1.807) is 0 Å². The highest BCUT2D eigenvalue weighted by Crippen LogP contribution is 2.29. The van der Waals surface area contributed by atoms with Crippen molar-refractivity contribution in [3.8, 4) is 11.8 Å². The lowest BCUT2D eigenvalue weighted by atomic mass is 9.98. The molecule has 0 aromatic heterocycles. The van der Waals surface area contributed by atoms with Gasteiger partial charge in [-0.1, -0.05) is 48.2 Å². The van der Waals surface area contributed by atoms with E-state index in [1.165, 1.54) is 30.4 Å². The number of likely N-dealkylation sites (tertiary alicyclic amines) is 1. The Morgan fingerprint density at radius 2 is 2.05 bits per heavy atom. The van der Waals surface area contributed by atoms with Crippen LogP contribution < -0.4 is 0 Å². The van der Waals surface area contributed by atoms with E-state index in [2.05, 4.69) is 47.1 Å². The van der Waals surface area contributed by atoms with E-state index in [-0.39, 0.29) is 18.7 Å². The van der Waals surface area contributed by atoms with Crippen molar-refractivity contribution in [1.29, 1.82) is 0 Å². The predicted molar refractivity (Wildman–Crippen MR) is 90.3 cm³/mol. The molecule has 0 spiro atoms. The minimum Gasteiger partial charge on any atom is -0.395 e. The highest BCUT2D eigenvalue weighted by molar-refractivity contribution is 5.35. The number of allylic oxidation sites excluding steroid dienone is 2. The lowest BCUT2D eigenvalue weighted by Crippen LogP contribution is -2.35. The summed E-state index contributed by atoms with van der Waals surface area (Å²) in [4.78, 5) is 2.38. The Hall–Kier alpha value is -1.56. The molecule has 0 amide bonds. The van der Waals surface area contributed by atoms with E-state index in [4.69, 9.17) is 0 Å². The molecule has 1 aromatic carbocycles. The number of nitrogens with zero attached hydrogens (tertiary/aromatic N) is 1. The van der Waals surface area contributed by atoms with E-state index in [0.29, 0.717) is 0 Å². The van der Waals surface area contributed by atoms with Gasteiger partial charge in [-0.25, -0.2) is 0 Å². The second-order valence-corrected chi connectivity index (χ2v) is 6.27. The van der Waals surface area contributed by atoms with Gasteiger partial charge >= 0.3 is 0 Å². The Morgan fingerprint density at radius 1 is 1.18 bits per heavy atom. The van der Waals surface area contributed by atoms with Crippen molar-refractivity contribution in [2.45, 2.75) is 50.6 Å². The Morgan fingerprint density at radius 3 is 2.77 bits per heavy atom. The zero-order valence-corrected chi connectivity index (χ0v) is 13.2. The topological polar surface area (TPSA) is 23.5 Å². The van der Waals surface area contributed by atoms with Gasteiger partial charge < -0.3 is 5.11 Å². The van der Waals surface area contributed by atoms with Crippen LogP contribution in [0.25, 0.3) is 0 Å². The summed E-state index contributed by atoms with van der Waals surface area (Å²) in [6.07, 6.45) is 9.38. The van der Waals surface area contributed by atoms with Gasteiger partial charge in [-0.3, -0.25) is 4.90 Å². The van der Waals surface area contributed by atoms with E-state index >= 15 is 0 Å². The van der Waals surface area contributed by atoms with Crippen molar-refractivity contribution >= 4 is 0 Å². The number of hydrogen-bond acceptors (Lipinski definition) is 2. The first-order valence-electron chi connectivity index (χ1n) is 8.50. The molecule has 22 heavy (non-hydrogen) atoms. The van der Waals surface area contributed by atoms with E-state index in [0.717, 1.165) is 25.8 Å². The summed E-state index contributed by atoms with van der Waals surface area (Å²) >= 11 is 0. The SMILES string of the molecule is OC[C@@H]1CCCN1[C@@H](C#CC1=CCCCC1)c1ccccc1. The summed E-state index contributed by atoms with van der Waals surface area (Å²) in [7, 11) is 0. The minimum absolute atomic E-state index is 0.101. The lowest BCUT2D eigenvalue weighted by molar-refractivity contribution is 0.140. The standard InChI is InChI=1S/C20H25NO/c22-16-19-12-7-15-21(19)20(18-10-5-2-6-11-18)14-13-17-8-3-1-4-9-17/h2,5-6,8,10-11,19-20,22H,1,3-4,7,9,12,15-16H2/t19-,20-/m0/s1. The molecule has 0 saturated carbocycles. The van der Waals surface area contributed by atoms with Crippen molar-refractivity contribution in [1.82, 2.24) is 4.90 Å². The van der Waals surface area contributed by atoms with Crippen LogP contribution in [-0.4, -0.2) is 29.2 Å². The van der Waals surface area contributed by atoms with Gasteiger partial charge in [-0.05, 0) is 49.7 Å². The molecule has 1 saturated heterocycles. The van der Waals surface area contributed by atoms with Gasteiger partial charge in [0.15, 0.2) is 0 Å². The molecule has 0 unspecified atom stereocenters. The molecule has 0 bridgehead atoms. The van der Waals surface area contributed by atoms with Crippen molar-refractivity contribution in [3.05, 3.63) is 47.5 Å². The first kappa shape index (κ1) is 15.3. The average molecular weight is 295 g/mol. The number of aliphatic hydroxyl groups is 1. The predicted octanol–water partition coefficient (Wildman–Crippen LogP) is 3.69. The maximum Gasteiger partial charge on any atom is 0.0977 e. The number of aliphatic hydroxyl groups excluding tert-OH is 1. The highest BCUT2D eigenvalue weighted by atomic mass is 16.3. The van der Waals surface area contributed by atoms with E-state index < -0.39 is 0 Å². The molecule has 116 valence electrons. The molecule has 3 rings (SSSR count). The molecule has 1 heterocycles. The van der Waals surface area contributed by atoms with Crippen LogP contribution in [-0.2, 0) is 0 Å². The molecule has 1 aromatic rings. The Labute approximate surface area is 133 Å². The summed E-state index contributed by atoms with van der Waals surface area (Å²) in [6, 6.07) is 10.9. The third-order valence-corrected chi connectivity index (χ3v) is 4.74. The molecule has 2 aliphatic rings. The van der Waals surface area contributed by atoms with Crippen LogP contribution in [0.5, 0.6) is 0 Å². The molecule has 2 nitrogen and oxygen atoms in total. The second-order valence-electron chi connectivity index (χ2n) is 6.27. The first-order valence-corrected chi connectivity index (χ1v) is 8.50. The summed E-state index contributed by atoms with van der Waals surface area (Å²) in [6.45, 7) is 1.26. The smallest absolute Gasteiger partial charge is 0.0977 e. The summed E-state index contributed by atoms with van der Waals surface area (Å²) in [5.74, 6) is 6.94. The maximum atomic E-state index is 9.65. The second kappa shape index (κ2) is 7.63. The molecule has 0 radical (unpaired) electrons. The molecule has 1 aliphatic carbocycles. The zero-order valence-electron chi connectivity index (χ0n) is 13.2. The third-order valence-electron chi connectivity index (χ3n) is 4.74. The highest BCUT2D eigenvalue weighted by Gasteiger charge is 2.30. The van der Waals surface area contributed by atoms with Crippen molar-refractivity contribution < 1.29 is 5.11 Å². The van der Waals surface area contributed by atoms with Gasteiger partial charge in [0.25, 0.3) is 0 Å². The maximum absolute atomic E-state index is 9.65. The monoisotopic (exact) mass is 295 g/mol. The minimum atomic E-state index is 0.101. The number of rotatable bonds is 3. The van der Waals surface area contributed by atoms with Gasteiger partial charge in [-0.2, -0.15) is 0 Å². The molecule has 1 aliphatic heterocycles. The summed E-state index contributed by atoms with van der Waals surface area (Å²) in [5.41, 5.74) is 2.54. The van der Waals surface area contributed by atoms with Gasteiger partial charge in [0, 0.05) is 12.6 Å². The number of hydrogen-bond donors (Lipinski definition) is 1. The van der Waals surface area contributed by atoms with Crippen LogP contribution in [0.1, 0.15) is 50.1 Å². The Balaban J connectivity index is 1.86. The van der Waals surface area contributed by atoms with Crippen molar-refractivity contribution in [2.24, 2.45) is 0 Å². The average Bonchev–Trinajstić information content (AvgIpc) is 3.05. The quantitative estimate of drug-likeness (QED) is 0.860. The Bertz CT molecular complexity index is 566. The fourth-order valence-corrected chi connectivity index (χ4v) is 3.50. The molecular formula is C20H25NO. The lowest BCUT2D eigenvalue weighted by Gasteiger charge is -2.29. The van der Waals surface area contributed by atoms with E-state index in [9.17, 15) is 5.11 Å². The van der Waals surface area contributed by atoms with Crippen molar-refractivity contribution in [3.63, 3.8) is 0 Å². The third kappa shape index (κ3) is 3.61. The zero-order chi connectivity index (χ0) is 15.2. The summed E-state index contributed by atoms with van der Waals surface area (Å²) < 4.78 is 0. The number of benzene rings is 1. The van der Waals surface area contributed by atoms with Crippen LogP contribution in [0.3, 0.4) is 0 Å². The fraction of sp³-hybridized carbons (Fsp3) is 0.500. The van der Waals surface area contributed by atoms with E-state index in [1.807, 2.05) is 6.07 Å². The van der Waals surface area contributed by atoms with Crippen LogP contribution in [0.4, 0.5) is 0 Å². The van der Waals surface area contributed by atoms with Gasteiger partial charge in [0.1, 0.15) is 0 Å². The van der Waals surface area contributed by atoms with Crippen LogP contribution in [0.2, 0.25) is 0 Å². The Kier molecular flexibility index (Phi) is 5.32. The molecule has 2 heteroatoms. The normalized spacial score (nSPS) is 23.5. The van der Waals surface area contributed by atoms with Crippen LogP contribution in [0.15, 0.2) is 42.0 Å².